The fraction of sp³-hybridized carbons (Fsp3) is 0.250. The van der Waals surface area contributed by atoms with Gasteiger partial charge in [0.25, 0.3) is 0 Å². The molecule has 3 nitrogen and oxygen atoms in total. The summed E-state index contributed by atoms with van der Waals surface area (Å²) in [5.74, 6) is -0.0434. The van der Waals surface area contributed by atoms with Crippen molar-refractivity contribution in [2.45, 2.75) is 6.92 Å². The molecule has 0 bridgehead atoms. The van der Waals surface area contributed by atoms with Crippen LogP contribution in [0.5, 0.6) is 0 Å². The summed E-state index contributed by atoms with van der Waals surface area (Å²) in [6, 6.07) is 0. The average molecular weight is 150 g/mol. The highest BCUT2D eigenvalue weighted by atomic mass is 16.1. The minimum absolute atomic E-state index is 0.0434. The monoisotopic (exact) mass is 150 g/mol. The quantitative estimate of drug-likeness (QED) is 0.468. The van der Waals surface area contributed by atoms with Crippen LogP contribution < -0.4 is 0 Å². The van der Waals surface area contributed by atoms with E-state index in [1.54, 1.807) is 24.9 Å². The fourth-order valence-electron chi connectivity index (χ4n) is 0.785. The maximum absolute atomic E-state index is 11.2. The van der Waals surface area contributed by atoms with Crippen LogP contribution in [-0.4, -0.2) is 15.6 Å². The van der Waals surface area contributed by atoms with Gasteiger partial charge in [0.2, 0.25) is 0 Å². The standard InChI is InChI=1S/C8H10N2O/c1-6(2)8(11)7-4-9-10(3)5-7/h4-5H,1H2,2-3H3. The molecule has 0 N–H and O–H groups in total. The molecule has 0 atom stereocenters. The summed E-state index contributed by atoms with van der Waals surface area (Å²) in [6.45, 7) is 5.24. The summed E-state index contributed by atoms with van der Waals surface area (Å²) in [5, 5.41) is 3.87. The summed E-state index contributed by atoms with van der Waals surface area (Å²) in [7, 11) is 1.77. The van der Waals surface area contributed by atoms with Crippen molar-refractivity contribution < 1.29 is 4.79 Å². The Labute approximate surface area is 65.3 Å². The lowest BCUT2D eigenvalue weighted by molar-refractivity contribution is 0.103. The molecular formula is C8H10N2O. The van der Waals surface area contributed by atoms with E-state index in [2.05, 4.69) is 11.7 Å². The number of aryl methyl sites for hydroxylation is 1. The Hall–Kier alpha value is -1.38. The van der Waals surface area contributed by atoms with E-state index in [4.69, 9.17) is 0 Å². The molecule has 0 unspecified atom stereocenters. The van der Waals surface area contributed by atoms with Gasteiger partial charge in [0, 0.05) is 13.2 Å². The molecule has 1 aromatic rings. The van der Waals surface area contributed by atoms with E-state index in [1.165, 1.54) is 6.20 Å². The molecule has 1 aromatic heterocycles. The molecular weight excluding hydrogens is 140 g/mol. The zero-order chi connectivity index (χ0) is 8.43. The first-order valence-electron chi connectivity index (χ1n) is 3.30. The van der Waals surface area contributed by atoms with Gasteiger partial charge in [-0.3, -0.25) is 9.48 Å². The lowest BCUT2D eigenvalue weighted by atomic mass is 10.1. The van der Waals surface area contributed by atoms with Crippen LogP contribution in [0.2, 0.25) is 0 Å². The van der Waals surface area contributed by atoms with E-state index < -0.39 is 0 Å². The van der Waals surface area contributed by atoms with Gasteiger partial charge in [0.15, 0.2) is 5.78 Å². The number of aromatic nitrogens is 2. The van der Waals surface area contributed by atoms with Crippen LogP contribution in [0.4, 0.5) is 0 Å². The maximum Gasteiger partial charge on any atom is 0.191 e. The average Bonchev–Trinajstić information content (AvgIpc) is 2.34. The normalized spacial score (nSPS) is 9.64. The van der Waals surface area contributed by atoms with Gasteiger partial charge in [0.1, 0.15) is 0 Å². The van der Waals surface area contributed by atoms with Gasteiger partial charge in [-0.25, -0.2) is 0 Å². The van der Waals surface area contributed by atoms with Crippen molar-refractivity contribution in [1.29, 1.82) is 0 Å². The molecule has 0 saturated heterocycles. The van der Waals surface area contributed by atoms with Crippen LogP contribution in [0.15, 0.2) is 24.5 Å². The van der Waals surface area contributed by atoms with Crippen LogP contribution >= 0.6 is 0 Å². The van der Waals surface area contributed by atoms with E-state index in [9.17, 15) is 4.79 Å². The van der Waals surface area contributed by atoms with Crippen molar-refractivity contribution in [3.05, 3.63) is 30.1 Å². The Morgan fingerprint density at radius 3 is 2.73 bits per heavy atom. The molecule has 0 aliphatic heterocycles. The molecule has 0 fully saturated rings. The second-order valence-electron chi connectivity index (χ2n) is 2.51. The molecule has 1 rings (SSSR count). The third-order valence-corrected chi connectivity index (χ3v) is 1.35. The first-order valence-corrected chi connectivity index (χ1v) is 3.30. The van der Waals surface area contributed by atoms with Crippen LogP contribution in [-0.2, 0) is 7.05 Å². The van der Waals surface area contributed by atoms with E-state index >= 15 is 0 Å². The van der Waals surface area contributed by atoms with E-state index in [1.807, 2.05) is 0 Å². The third kappa shape index (κ3) is 1.55. The molecule has 1 heterocycles. The van der Waals surface area contributed by atoms with Gasteiger partial charge in [-0.15, -0.1) is 0 Å². The molecule has 58 valence electrons. The third-order valence-electron chi connectivity index (χ3n) is 1.35. The number of nitrogens with zero attached hydrogens (tertiary/aromatic N) is 2. The minimum atomic E-state index is -0.0434. The van der Waals surface area contributed by atoms with Gasteiger partial charge in [-0.1, -0.05) is 6.58 Å². The van der Waals surface area contributed by atoms with E-state index in [0.29, 0.717) is 11.1 Å². The van der Waals surface area contributed by atoms with Crippen molar-refractivity contribution in [3.63, 3.8) is 0 Å². The summed E-state index contributed by atoms with van der Waals surface area (Å²) >= 11 is 0. The van der Waals surface area contributed by atoms with E-state index in [-0.39, 0.29) is 5.78 Å². The number of ketones is 1. The minimum Gasteiger partial charge on any atom is -0.289 e. The predicted molar refractivity (Wildman–Crippen MR) is 42.4 cm³/mol. The molecule has 0 aromatic carbocycles. The highest BCUT2D eigenvalue weighted by Crippen LogP contribution is 2.03. The van der Waals surface area contributed by atoms with Crippen molar-refractivity contribution in [2.75, 3.05) is 0 Å². The van der Waals surface area contributed by atoms with Gasteiger partial charge >= 0.3 is 0 Å². The number of hydrogen-bond donors (Lipinski definition) is 0. The van der Waals surface area contributed by atoms with Crippen LogP contribution in [0.25, 0.3) is 0 Å². The number of rotatable bonds is 2. The zero-order valence-electron chi connectivity index (χ0n) is 6.66. The Balaban J connectivity index is 2.94. The predicted octanol–water partition coefficient (Wildman–Crippen LogP) is 1.18. The molecule has 0 amide bonds. The summed E-state index contributed by atoms with van der Waals surface area (Å²) in [5.41, 5.74) is 1.14. The number of carbonyl (C=O) groups is 1. The van der Waals surface area contributed by atoms with Crippen molar-refractivity contribution in [3.8, 4) is 0 Å². The Morgan fingerprint density at radius 2 is 2.36 bits per heavy atom. The number of carbonyl (C=O) groups excluding carboxylic acids is 1. The summed E-state index contributed by atoms with van der Waals surface area (Å²) < 4.78 is 1.59. The fourth-order valence-corrected chi connectivity index (χ4v) is 0.785. The van der Waals surface area contributed by atoms with Gasteiger partial charge in [-0.2, -0.15) is 5.10 Å². The first kappa shape index (κ1) is 7.72. The molecule has 0 radical (unpaired) electrons. The van der Waals surface area contributed by atoms with Crippen LogP contribution in [0.1, 0.15) is 17.3 Å². The van der Waals surface area contributed by atoms with Gasteiger partial charge < -0.3 is 0 Å². The smallest absolute Gasteiger partial charge is 0.191 e. The number of allylic oxidation sites excluding steroid dienone is 1. The molecule has 0 aliphatic carbocycles. The molecule has 11 heavy (non-hydrogen) atoms. The number of Topliss-reactive ketones (excluding diaryl/α,β-unsaturated/α-hetero) is 1. The number of hydrogen-bond acceptors (Lipinski definition) is 2. The van der Waals surface area contributed by atoms with Crippen LogP contribution in [0, 0.1) is 0 Å². The largest absolute Gasteiger partial charge is 0.289 e. The Kier molecular flexibility index (Phi) is 1.89. The molecule has 0 saturated carbocycles. The maximum atomic E-state index is 11.2. The van der Waals surface area contributed by atoms with Gasteiger partial charge in [0.05, 0.1) is 11.8 Å². The topological polar surface area (TPSA) is 34.9 Å². The SMILES string of the molecule is C=C(C)C(=O)c1cnn(C)c1. The zero-order valence-corrected chi connectivity index (χ0v) is 6.66. The highest BCUT2D eigenvalue weighted by Gasteiger charge is 2.06. The summed E-state index contributed by atoms with van der Waals surface area (Å²) in [4.78, 5) is 11.2. The summed E-state index contributed by atoms with van der Waals surface area (Å²) in [6.07, 6.45) is 3.22. The molecule has 3 heteroatoms. The Morgan fingerprint density at radius 1 is 1.73 bits per heavy atom. The van der Waals surface area contributed by atoms with Crippen molar-refractivity contribution in [2.24, 2.45) is 7.05 Å². The van der Waals surface area contributed by atoms with Crippen molar-refractivity contribution in [1.82, 2.24) is 9.78 Å². The lowest BCUT2D eigenvalue weighted by Crippen LogP contribution is -1.97. The van der Waals surface area contributed by atoms with Crippen molar-refractivity contribution >= 4 is 5.78 Å². The van der Waals surface area contributed by atoms with E-state index in [0.717, 1.165) is 0 Å². The molecule has 0 aliphatic rings. The second-order valence-corrected chi connectivity index (χ2v) is 2.51. The highest BCUT2D eigenvalue weighted by molar-refractivity contribution is 6.07. The second kappa shape index (κ2) is 2.70. The first-order chi connectivity index (χ1) is 5.11. The van der Waals surface area contributed by atoms with Crippen LogP contribution in [0.3, 0.4) is 0 Å². The van der Waals surface area contributed by atoms with Gasteiger partial charge in [-0.05, 0) is 12.5 Å². The Bertz CT molecular complexity index is 299. The molecule has 0 spiro atoms. The lowest BCUT2D eigenvalue weighted by Gasteiger charge is -1.91.